The van der Waals surface area contributed by atoms with Gasteiger partial charge in [0.2, 0.25) is 0 Å². The molecule has 0 spiro atoms. The van der Waals surface area contributed by atoms with E-state index >= 15 is 0 Å². The summed E-state index contributed by atoms with van der Waals surface area (Å²) in [6, 6.07) is 4.48. The summed E-state index contributed by atoms with van der Waals surface area (Å²) in [4.78, 5) is 19.6. The van der Waals surface area contributed by atoms with Crippen LogP contribution >= 0.6 is 0 Å². The molecule has 0 aromatic carbocycles. The molecule has 1 amide bonds. The SMILES string of the molecule is C=CCn1nc(C(=O)N2CCCCCC2)c2c1CC[C@H](NCCc1cccnc1)C2. The van der Waals surface area contributed by atoms with Crippen LogP contribution in [-0.4, -0.2) is 51.2 Å². The first-order valence-corrected chi connectivity index (χ1v) is 11.4. The molecule has 1 atom stereocenters. The standard InChI is InChI=1S/C24H33N5O/c1-2-14-29-22-10-9-20(26-13-11-19-8-7-12-25-18-19)17-21(22)23(27-29)24(30)28-15-5-3-4-6-16-28/h2,7-8,12,18,20,26H,1,3-6,9-11,13-17H2/t20-/m0/s1. The number of hydrogen-bond donors (Lipinski definition) is 1. The molecule has 0 unspecified atom stereocenters. The van der Waals surface area contributed by atoms with Crippen molar-refractivity contribution in [2.45, 2.75) is 64.0 Å². The van der Waals surface area contributed by atoms with Crippen molar-refractivity contribution < 1.29 is 4.79 Å². The number of fused-ring (bicyclic) bond motifs is 1. The zero-order valence-corrected chi connectivity index (χ0v) is 17.9. The monoisotopic (exact) mass is 407 g/mol. The van der Waals surface area contributed by atoms with Gasteiger partial charge in [-0.25, -0.2) is 0 Å². The van der Waals surface area contributed by atoms with Crippen LogP contribution in [0.25, 0.3) is 0 Å². The Morgan fingerprint density at radius 3 is 2.83 bits per heavy atom. The molecule has 1 N–H and O–H groups in total. The Kier molecular flexibility index (Phi) is 6.95. The molecular weight excluding hydrogens is 374 g/mol. The Bertz CT molecular complexity index is 852. The van der Waals surface area contributed by atoms with Gasteiger partial charge in [-0.15, -0.1) is 6.58 Å². The van der Waals surface area contributed by atoms with Gasteiger partial charge in [-0.05, 0) is 56.7 Å². The number of nitrogens with zero attached hydrogens (tertiary/aromatic N) is 4. The van der Waals surface area contributed by atoms with Gasteiger partial charge < -0.3 is 10.2 Å². The summed E-state index contributed by atoms with van der Waals surface area (Å²) in [6.07, 6.45) is 14.1. The van der Waals surface area contributed by atoms with Crippen molar-refractivity contribution in [1.82, 2.24) is 25.0 Å². The molecule has 2 aliphatic rings. The van der Waals surface area contributed by atoms with Crippen LogP contribution in [0.4, 0.5) is 0 Å². The van der Waals surface area contributed by atoms with Crippen LogP contribution in [0.15, 0.2) is 37.2 Å². The predicted molar refractivity (Wildman–Crippen MR) is 119 cm³/mol. The fraction of sp³-hybridized carbons (Fsp3) is 0.542. The van der Waals surface area contributed by atoms with Gasteiger partial charge in [-0.1, -0.05) is 25.0 Å². The second-order valence-electron chi connectivity index (χ2n) is 8.46. The van der Waals surface area contributed by atoms with E-state index in [2.05, 4.69) is 22.9 Å². The molecule has 30 heavy (non-hydrogen) atoms. The maximum Gasteiger partial charge on any atom is 0.274 e. The van der Waals surface area contributed by atoms with Gasteiger partial charge >= 0.3 is 0 Å². The molecule has 0 radical (unpaired) electrons. The molecule has 6 nitrogen and oxygen atoms in total. The Morgan fingerprint density at radius 2 is 2.10 bits per heavy atom. The topological polar surface area (TPSA) is 63.1 Å². The Labute approximate surface area is 179 Å². The third-order valence-corrected chi connectivity index (χ3v) is 6.31. The summed E-state index contributed by atoms with van der Waals surface area (Å²) < 4.78 is 2.00. The van der Waals surface area contributed by atoms with Gasteiger partial charge in [0, 0.05) is 42.8 Å². The minimum Gasteiger partial charge on any atom is -0.337 e. The molecule has 4 rings (SSSR count). The predicted octanol–water partition coefficient (Wildman–Crippen LogP) is 3.17. The van der Waals surface area contributed by atoms with Gasteiger partial charge in [0.15, 0.2) is 5.69 Å². The molecular formula is C24H33N5O. The van der Waals surface area contributed by atoms with Crippen LogP contribution in [-0.2, 0) is 25.8 Å². The number of nitrogens with one attached hydrogen (secondary N) is 1. The Balaban J connectivity index is 1.46. The average molecular weight is 408 g/mol. The van der Waals surface area contributed by atoms with Gasteiger partial charge in [0.25, 0.3) is 5.91 Å². The molecule has 2 aromatic heterocycles. The van der Waals surface area contributed by atoms with Crippen LogP contribution in [0.3, 0.4) is 0 Å². The van der Waals surface area contributed by atoms with Gasteiger partial charge in [-0.3, -0.25) is 14.5 Å². The van der Waals surface area contributed by atoms with E-state index in [4.69, 9.17) is 5.10 Å². The average Bonchev–Trinajstić information content (AvgIpc) is 2.93. The number of pyridine rings is 1. The number of allylic oxidation sites excluding steroid dienone is 1. The van der Waals surface area contributed by atoms with Gasteiger partial charge in [0.05, 0.1) is 6.54 Å². The first-order valence-electron chi connectivity index (χ1n) is 11.4. The van der Waals surface area contributed by atoms with E-state index in [9.17, 15) is 4.79 Å². The lowest BCUT2D eigenvalue weighted by Crippen LogP contribution is -2.37. The second kappa shape index (κ2) is 10.0. The summed E-state index contributed by atoms with van der Waals surface area (Å²) in [5.41, 5.74) is 4.29. The normalized spacial score (nSPS) is 19.2. The van der Waals surface area contributed by atoms with Crippen molar-refractivity contribution in [3.05, 3.63) is 59.7 Å². The minimum atomic E-state index is 0.118. The minimum absolute atomic E-state index is 0.118. The first-order chi connectivity index (χ1) is 14.8. The molecule has 1 fully saturated rings. The van der Waals surface area contributed by atoms with Crippen molar-refractivity contribution in [2.24, 2.45) is 0 Å². The molecule has 1 aliphatic carbocycles. The van der Waals surface area contributed by atoms with E-state index in [0.29, 0.717) is 18.3 Å². The molecule has 6 heteroatoms. The number of aromatic nitrogens is 3. The van der Waals surface area contributed by atoms with E-state index in [1.54, 1.807) is 0 Å². The summed E-state index contributed by atoms with van der Waals surface area (Å²) in [6.45, 7) is 7.16. The van der Waals surface area contributed by atoms with Crippen molar-refractivity contribution >= 4 is 5.91 Å². The first kappa shape index (κ1) is 20.8. The number of hydrogen-bond acceptors (Lipinski definition) is 4. The number of amides is 1. The quantitative estimate of drug-likeness (QED) is 0.716. The zero-order valence-electron chi connectivity index (χ0n) is 17.9. The fourth-order valence-corrected chi connectivity index (χ4v) is 4.70. The Hall–Kier alpha value is -2.47. The third kappa shape index (κ3) is 4.81. The summed E-state index contributed by atoms with van der Waals surface area (Å²) in [7, 11) is 0. The molecule has 1 saturated heterocycles. The molecule has 2 aromatic rings. The van der Waals surface area contributed by atoms with Crippen molar-refractivity contribution in [1.29, 1.82) is 0 Å². The van der Waals surface area contributed by atoms with Crippen LogP contribution in [0.2, 0.25) is 0 Å². The number of carbonyl (C=O) groups is 1. The van der Waals surface area contributed by atoms with Crippen LogP contribution in [0, 0.1) is 0 Å². The van der Waals surface area contributed by atoms with Crippen molar-refractivity contribution in [3.63, 3.8) is 0 Å². The zero-order chi connectivity index (χ0) is 20.8. The fourth-order valence-electron chi connectivity index (χ4n) is 4.70. The summed E-state index contributed by atoms with van der Waals surface area (Å²) in [5, 5.41) is 8.47. The van der Waals surface area contributed by atoms with Crippen LogP contribution in [0.1, 0.15) is 59.4 Å². The van der Waals surface area contributed by atoms with E-state index in [-0.39, 0.29) is 5.91 Å². The van der Waals surface area contributed by atoms with E-state index in [1.807, 2.05) is 34.1 Å². The molecule has 0 bridgehead atoms. The summed E-state index contributed by atoms with van der Waals surface area (Å²) >= 11 is 0. The second-order valence-corrected chi connectivity index (χ2v) is 8.46. The smallest absolute Gasteiger partial charge is 0.274 e. The Morgan fingerprint density at radius 1 is 1.27 bits per heavy atom. The van der Waals surface area contributed by atoms with Crippen LogP contribution in [0.5, 0.6) is 0 Å². The van der Waals surface area contributed by atoms with E-state index in [0.717, 1.165) is 63.7 Å². The number of rotatable bonds is 7. The van der Waals surface area contributed by atoms with Crippen molar-refractivity contribution in [2.75, 3.05) is 19.6 Å². The highest BCUT2D eigenvalue weighted by Crippen LogP contribution is 2.27. The molecule has 0 saturated carbocycles. The van der Waals surface area contributed by atoms with Gasteiger partial charge in [0.1, 0.15) is 0 Å². The highest BCUT2D eigenvalue weighted by molar-refractivity contribution is 5.94. The van der Waals surface area contributed by atoms with Crippen molar-refractivity contribution in [3.8, 4) is 0 Å². The lowest BCUT2D eigenvalue weighted by Gasteiger charge is -2.25. The van der Waals surface area contributed by atoms with Gasteiger partial charge in [-0.2, -0.15) is 5.10 Å². The largest absolute Gasteiger partial charge is 0.337 e. The molecule has 1 aliphatic heterocycles. The maximum atomic E-state index is 13.3. The third-order valence-electron chi connectivity index (χ3n) is 6.31. The summed E-state index contributed by atoms with van der Waals surface area (Å²) in [5.74, 6) is 0.118. The number of likely N-dealkylation sites (tertiary alicyclic amines) is 1. The molecule has 160 valence electrons. The maximum absolute atomic E-state index is 13.3. The molecule has 3 heterocycles. The lowest BCUT2D eigenvalue weighted by atomic mass is 9.91. The highest BCUT2D eigenvalue weighted by Gasteiger charge is 2.31. The van der Waals surface area contributed by atoms with Crippen LogP contribution < -0.4 is 5.32 Å². The van der Waals surface area contributed by atoms with E-state index < -0.39 is 0 Å². The number of carbonyl (C=O) groups excluding carboxylic acids is 1. The lowest BCUT2D eigenvalue weighted by molar-refractivity contribution is 0.0753. The van der Waals surface area contributed by atoms with E-state index in [1.165, 1.54) is 24.1 Å². The highest BCUT2D eigenvalue weighted by atomic mass is 16.2.